The van der Waals surface area contributed by atoms with E-state index < -0.39 is 41.9 Å². The number of esters is 1. The third-order valence-electron chi connectivity index (χ3n) is 3.77. The lowest BCUT2D eigenvalue weighted by molar-refractivity contribution is -0.290. The largest absolute Gasteiger partial charge is 0.449 e. The van der Waals surface area contributed by atoms with Gasteiger partial charge in [-0.25, -0.2) is 9.59 Å². The van der Waals surface area contributed by atoms with Gasteiger partial charge >= 0.3 is 12.1 Å². The highest BCUT2D eigenvalue weighted by atomic mass is 16.8. The number of ether oxygens (including phenoxy) is 5. The van der Waals surface area contributed by atoms with Crippen LogP contribution in [-0.2, 0) is 28.5 Å². The van der Waals surface area contributed by atoms with Crippen molar-refractivity contribution in [3.63, 3.8) is 0 Å². The van der Waals surface area contributed by atoms with Gasteiger partial charge in [-0.15, -0.1) is 0 Å². The maximum absolute atomic E-state index is 11.9. The first-order valence-electron chi connectivity index (χ1n) is 7.05. The summed E-state index contributed by atoms with van der Waals surface area (Å²) in [7, 11) is 0. The van der Waals surface area contributed by atoms with Crippen molar-refractivity contribution in [1.29, 1.82) is 0 Å². The van der Waals surface area contributed by atoms with Crippen LogP contribution in [0.1, 0.15) is 20.8 Å². The molecule has 0 aromatic heterocycles. The number of alkyl carbamates (subject to hydrolysis) is 1. The lowest BCUT2D eigenvalue weighted by Crippen LogP contribution is -2.63. The molecule has 0 saturated carbocycles. The number of nitrogens with one attached hydrogen (secondary N) is 1. The molecule has 3 aliphatic heterocycles. The first-order chi connectivity index (χ1) is 10.2. The Morgan fingerprint density at radius 2 is 2.14 bits per heavy atom. The summed E-state index contributed by atoms with van der Waals surface area (Å²) in [5, 5.41) is 2.52. The fourth-order valence-corrected chi connectivity index (χ4v) is 2.84. The number of rotatable bonds is 2. The molecule has 8 nitrogen and oxygen atoms in total. The van der Waals surface area contributed by atoms with Gasteiger partial charge in [-0.3, -0.25) is 0 Å². The molecule has 122 valence electrons. The second kappa shape index (κ2) is 4.94. The van der Waals surface area contributed by atoms with Gasteiger partial charge < -0.3 is 29.0 Å². The van der Waals surface area contributed by atoms with E-state index in [0.29, 0.717) is 0 Å². The van der Waals surface area contributed by atoms with Crippen molar-refractivity contribution in [1.82, 2.24) is 5.32 Å². The van der Waals surface area contributed by atoms with Crippen molar-refractivity contribution < 1.29 is 33.3 Å². The fourth-order valence-electron chi connectivity index (χ4n) is 2.84. The van der Waals surface area contributed by atoms with Gasteiger partial charge in [-0.05, 0) is 20.8 Å². The zero-order chi connectivity index (χ0) is 16.1. The predicted molar refractivity (Wildman–Crippen MR) is 71.7 cm³/mol. The number of carbonyl (C=O) groups excluding carboxylic acids is 2. The predicted octanol–water partition coefficient (Wildman–Crippen LogP) is 0.461. The van der Waals surface area contributed by atoms with E-state index in [0.717, 1.165) is 0 Å². The third-order valence-corrected chi connectivity index (χ3v) is 3.77. The first kappa shape index (κ1) is 15.3. The summed E-state index contributed by atoms with van der Waals surface area (Å²) < 4.78 is 28.0. The fraction of sp³-hybridized carbons (Fsp3) is 0.714. The van der Waals surface area contributed by atoms with Crippen LogP contribution in [0.25, 0.3) is 0 Å². The maximum atomic E-state index is 11.9. The molecule has 0 aromatic rings. The lowest BCUT2D eigenvalue weighted by Gasteiger charge is -2.41. The summed E-state index contributed by atoms with van der Waals surface area (Å²) in [5.74, 6) is -2.86. The van der Waals surface area contributed by atoms with Gasteiger partial charge in [0.15, 0.2) is 11.9 Å². The van der Waals surface area contributed by atoms with Gasteiger partial charge in [0.2, 0.25) is 0 Å². The Balaban J connectivity index is 1.90. The SMILES string of the molecule is C=C(C)C(=O)O[C@@H]1[C@@H]2OC(C)(C)O[C@@H]2CO[C@]12CNC(=O)O2. The molecule has 3 saturated heterocycles. The van der Waals surface area contributed by atoms with Gasteiger partial charge in [0.05, 0.1) is 13.2 Å². The molecular weight excluding hydrogens is 294 g/mol. The molecular formula is C14H19NO7. The minimum absolute atomic E-state index is 0.0625. The van der Waals surface area contributed by atoms with Crippen LogP contribution in [0.3, 0.4) is 0 Å². The van der Waals surface area contributed by atoms with E-state index in [2.05, 4.69) is 11.9 Å². The summed E-state index contributed by atoms with van der Waals surface area (Å²) in [5.41, 5.74) is 0.229. The second-order valence-corrected chi connectivity index (χ2v) is 6.11. The molecule has 0 radical (unpaired) electrons. The molecule has 3 fully saturated rings. The Labute approximate surface area is 127 Å². The highest BCUT2D eigenvalue weighted by Gasteiger charge is 2.63. The van der Waals surface area contributed by atoms with E-state index in [4.69, 9.17) is 23.7 Å². The topological polar surface area (TPSA) is 92.3 Å². The average molecular weight is 313 g/mol. The first-order valence-corrected chi connectivity index (χ1v) is 7.05. The quantitative estimate of drug-likeness (QED) is 0.585. The molecule has 0 unspecified atom stereocenters. The van der Waals surface area contributed by atoms with Crippen LogP contribution in [0.5, 0.6) is 0 Å². The van der Waals surface area contributed by atoms with Crippen molar-refractivity contribution in [2.45, 2.75) is 50.7 Å². The third kappa shape index (κ3) is 2.47. The smallest absolute Gasteiger partial charge is 0.410 e. The summed E-state index contributed by atoms with van der Waals surface area (Å²) in [6.07, 6.45) is -2.59. The molecule has 4 atom stereocenters. The molecule has 0 aromatic carbocycles. The number of carbonyl (C=O) groups is 2. The van der Waals surface area contributed by atoms with Gasteiger partial charge in [0.1, 0.15) is 12.2 Å². The van der Waals surface area contributed by atoms with E-state index in [1.54, 1.807) is 13.8 Å². The Bertz CT molecular complexity index is 531. The molecule has 8 heteroatoms. The number of hydrogen-bond acceptors (Lipinski definition) is 7. The highest BCUT2D eigenvalue weighted by Crippen LogP contribution is 2.41. The van der Waals surface area contributed by atoms with E-state index in [-0.39, 0.29) is 18.7 Å². The minimum Gasteiger partial charge on any atom is -0.449 e. The molecule has 0 bridgehead atoms. The molecule has 1 N–H and O–H groups in total. The Morgan fingerprint density at radius 1 is 1.41 bits per heavy atom. The van der Waals surface area contributed by atoms with Crippen molar-refractivity contribution >= 4 is 12.1 Å². The summed E-state index contributed by atoms with van der Waals surface area (Å²) in [6, 6.07) is 0. The van der Waals surface area contributed by atoms with E-state index in [1.165, 1.54) is 6.92 Å². The van der Waals surface area contributed by atoms with Crippen LogP contribution in [-0.4, -0.2) is 55.1 Å². The minimum atomic E-state index is -1.41. The summed E-state index contributed by atoms with van der Waals surface area (Å²) in [6.45, 7) is 8.84. The van der Waals surface area contributed by atoms with Crippen LogP contribution in [0.15, 0.2) is 12.2 Å². The lowest BCUT2D eigenvalue weighted by atomic mass is 9.96. The number of fused-ring (bicyclic) bond motifs is 1. The zero-order valence-electron chi connectivity index (χ0n) is 12.7. The molecule has 3 heterocycles. The number of hydrogen-bond donors (Lipinski definition) is 1. The Morgan fingerprint density at radius 3 is 2.73 bits per heavy atom. The molecule has 1 amide bonds. The summed E-state index contributed by atoms with van der Waals surface area (Å²) in [4.78, 5) is 23.4. The molecule has 3 rings (SSSR count). The van der Waals surface area contributed by atoms with E-state index in [9.17, 15) is 9.59 Å². The van der Waals surface area contributed by atoms with Crippen molar-refractivity contribution in [2.75, 3.05) is 13.2 Å². The van der Waals surface area contributed by atoms with E-state index in [1.807, 2.05) is 0 Å². The molecule has 22 heavy (non-hydrogen) atoms. The highest BCUT2D eigenvalue weighted by molar-refractivity contribution is 5.87. The van der Waals surface area contributed by atoms with Crippen molar-refractivity contribution in [2.24, 2.45) is 0 Å². The van der Waals surface area contributed by atoms with Crippen LogP contribution >= 0.6 is 0 Å². The van der Waals surface area contributed by atoms with Gasteiger partial charge in [0, 0.05) is 5.57 Å². The molecule has 3 aliphatic rings. The van der Waals surface area contributed by atoms with Gasteiger partial charge in [0.25, 0.3) is 5.79 Å². The van der Waals surface area contributed by atoms with Gasteiger partial charge in [-0.1, -0.05) is 6.58 Å². The summed E-state index contributed by atoms with van der Waals surface area (Å²) >= 11 is 0. The van der Waals surface area contributed by atoms with Crippen molar-refractivity contribution in [3.8, 4) is 0 Å². The van der Waals surface area contributed by atoms with Crippen LogP contribution in [0.2, 0.25) is 0 Å². The monoisotopic (exact) mass is 313 g/mol. The van der Waals surface area contributed by atoms with Crippen LogP contribution < -0.4 is 5.32 Å². The van der Waals surface area contributed by atoms with Crippen molar-refractivity contribution in [3.05, 3.63) is 12.2 Å². The molecule has 1 spiro atoms. The average Bonchev–Trinajstić information content (AvgIpc) is 2.93. The maximum Gasteiger partial charge on any atom is 0.410 e. The van der Waals surface area contributed by atoms with Crippen LogP contribution in [0, 0.1) is 0 Å². The number of amides is 1. The zero-order valence-corrected chi connectivity index (χ0v) is 12.7. The Hall–Kier alpha value is -1.64. The second-order valence-electron chi connectivity index (χ2n) is 6.11. The standard InChI is InChI=1S/C14H19NO7/c1-7(2)11(16)19-10-9-8(20-13(3,4)21-9)5-18-14(10)6-15-12(17)22-14/h8-10H,1,5-6H2,2-4H3,(H,15,17)/t8-,9-,10-,14+/m1/s1. The normalized spacial score (nSPS) is 39.0. The van der Waals surface area contributed by atoms with Crippen LogP contribution in [0.4, 0.5) is 4.79 Å². The van der Waals surface area contributed by atoms with Gasteiger partial charge in [-0.2, -0.15) is 0 Å². The Kier molecular flexibility index (Phi) is 3.42. The molecule has 0 aliphatic carbocycles. The van der Waals surface area contributed by atoms with E-state index >= 15 is 0 Å².